The minimum atomic E-state index is -0.0767. The van der Waals surface area contributed by atoms with Crippen molar-refractivity contribution in [3.8, 4) is 0 Å². The van der Waals surface area contributed by atoms with Crippen LogP contribution < -0.4 is 10.6 Å². The summed E-state index contributed by atoms with van der Waals surface area (Å²) in [6, 6.07) is 5.77. The number of amides is 1. The molecule has 1 aromatic heterocycles. The van der Waals surface area contributed by atoms with Gasteiger partial charge in [-0.15, -0.1) is 10.2 Å². The first kappa shape index (κ1) is 16.5. The third-order valence-corrected chi connectivity index (χ3v) is 6.15. The molecule has 1 aliphatic rings. The van der Waals surface area contributed by atoms with E-state index in [0.29, 0.717) is 10.2 Å². The number of carbonyl (C=O) groups excluding carboxylic acids is 1. The van der Waals surface area contributed by atoms with Gasteiger partial charge < -0.3 is 10.6 Å². The normalized spacial score (nSPS) is 18.3. The van der Waals surface area contributed by atoms with Gasteiger partial charge in [0, 0.05) is 17.3 Å². The van der Waals surface area contributed by atoms with Gasteiger partial charge >= 0.3 is 0 Å². The minimum absolute atomic E-state index is 0.0767. The number of nitrogens with one attached hydrogen (secondary N) is 2. The monoisotopic (exact) mass is 368 g/mol. The molecular formula is C15H17ClN4OS2. The van der Waals surface area contributed by atoms with Crippen LogP contribution in [0.3, 0.4) is 0 Å². The number of benzene rings is 1. The fraction of sp³-hybridized carbons (Fsp3) is 0.400. The van der Waals surface area contributed by atoms with Crippen LogP contribution in [-0.4, -0.2) is 27.9 Å². The van der Waals surface area contributed by atoms with Crippen molar-refractivity contribution in [3.63, 3.8) is 0 Å². The third kappa shape index (κ3) is 4.37. The molecule has 1 saturated heterocycles. The second-order valence-electron chi connectivity index (χ2n) is 5.36. The molecule has 1 aliphatic heterocycles. The average Bonchev–Trinajstić information content (AvgIpc) is 2.86. The summed E-state index contributed by atoms with van der Waals surface area (Å²) in [5, 5.41) is 15.8. The predicted molar refractivity (Wildman–Crippen MR) is 95.9 cm³/mol. The number of carbonyl (C=O) groups is 1. The Kier molecular flexibility index (Phi) is 5.40. The zero-order valence-corrected chi connectivity index (χ0v) is 15.0. The largest absolute Gasteiger partial charge is 0.355 e. The highest BCUT2D eigenvalue weighted by molar-refractivity contribution is 8.02. The first-order chi connectivity index (χ1) is 11.1. The lowest BCUT2D eigenvalue weighted by Crippen LogP contribution is -2.30. The highest BCUT2D eigenvalue weighted by Gasteiger charge is 2.23. The molecule has 0 radical (unpaired) electrons. The molecule has 2 N–H and O–H groups in total. The molecule has 23 heavy (non-hydrogen) atoms. The SMILES string of the molecule is Cc1ccc(Nc2nnc(SC3CCCCNC3=O)s2)cc1Cl. The summed E-state index contributed by atoms with van der Waals surface area (Å²) in [6.45, 7) is 2.73. The molecule has 0 bridgehead atoms. The second kappa shape index (κ2) is 7.51. The molecule has 0 saturated carbocycles. The fourth-order valence-corrected chi connectivity index (χ4v) is 4.51. The van der Waals surface area contributed by atoms with Crippen molar-refractivity contribution < 1.29 is 4.79 Å². The van der Waals surface area contributed by atoms with Gasteiger partial charge in [0.05, 0.1) is 5.25 Å². The van der Waals surface area contributed by atoms with E-state index in [1.807, 2.05) is 25.1 Å². The Morgan fingerprint density at radius 1 is 1.39 bits per heavy atom. The number of nitrogens with zero attached hydrogens (tertiary/aromatic N) is 2. The van der Waals surface area contributed by atoms with E-state index in [4.69, 9.17) is 11.6 Å². The van der Waals surface area contributed by atoms with Gasteiger partial charge in [-0.25, -0.2) is 0 Å². The summed E-state index contributed by atoms with van der Waals surface area (Å²) >= 11 is 9.06. The van der Waals surface area contributed by atoms with E-state index < -0.39 is 0 Å². The van der Waals surface area contributed by atoms with Crippen molar-refractivity contribution in [3.05, 3.63) is 28.8 Å². The average molecular weight is 369 g/mol. The maximum absolute atomic E-state index is 12.0. The van der Waals surface area contributed by atoms with Gasteiger partial charge in [0.25, 0.3) is 0 Å². The topological polar surface area (TPSA) is 66.9 Å². The summed E-state index contributed by atoms with van der Waals surface area (Å²) in [5.41, 5.74) is 1.91. The van der Waals surface area contributed by atoms with Crippen LogP contribution in [0.4, 0.5) is 10.8 Å². The second-order valence-corrected chi connectivity index (χ2v) is 8.19. The van der Waals surface area contributed by atoms with Crippen LogP contribution in [0, 0.1) is 6.92 Å². The molecule has 2 aromatic rings. The molecule has 1 aromatic carbocycles. The van der Waals surface area contributed by atoms with E-state index in [2.05, 4.69) is 20.8 Å². The Bertz CT molecular complexity index is 707. The summed E-state index contributed by atoms with van der Waals surface area (Å²) in [7, 11) is 0. The van der Waals surface area contributed by atoms with Crippen molar-refractivity contribution in [2.45, 2.75) is 35.8 Å². The quantitative estimate of drug-likeness (QED) is 0.853. The molecule has 8 heteroatoms. The van der Waals surface area contributed by atoms with E-state index in [9.17, 15) is 4.79 Å². The number of hydrogen-bond acceptors (Lipinski definition) is 6. The van der Waals surface area contributed by atoms with Crippen LogP contribution in [0.5, 0.6) is 0 Å². The van der Waals surface area contributed by atoms with Gasteiger partial charge in [0.15, 0.2) is 4.34 Å². The van der Waals surface area contributed by atoms with Crippen LogP contribution >= 0.6 is 34.7 Å². The van der Waals surface area contributed by atoms with Gasteiger partial charge in [-0.05, 0) is 37.5 Å². The van der Waals surface area contributed by atoms with Crippen molar-refractivity contribution in [1.29, 1.82) is 0 Å². The Labute approximate surface area is 148 Å². The molecular weight excluding hydrogens is 352 g/mol. The zero-order valence-electron chi connectivity index (χ0n) is 12.6. The zero-order chi connectivity index (χ0) is 16.2. The molecule has 5 nitrogen and oxygen atoms in total. The van der Waals surface area contributed by atoms with Crippen LogP contribution in [0.25, 0.3) is 0 Å². The molecule has 1 unspecified atom stereocenters. The first-order valence-electron chi connectivity index (χ1n) is 7.43. The Hall–Kier alpha value is -1.31. The lowest BCUT2D eigenvalue weighted by atomic mass is 10.2. The van der Waals surface area contributed by atoms with Crippen molar-refractivity contribution >= 4 is 51.4 Å². The van der Waals surface area contributed by atoms with Crippen molar-refractivity contribution in [2.24, 2.45) is 0 Å². The molecule has 1 fully saturated rings. The maximum atomic E-state index is 12.0. The van der Waals surface area contributed by atoms with Gasteiger partial charge in [-0.1, -0.05) is 47.2 Å². The first-order valence-corrected chi connectivity index (χ1v) is 9.50. The molecule has 1 amide bonds. The smallest absolute Gasteiger partial charge is 0.233 e. The summed E-state index contributed by atoms with van der Waals surface area (Å²) in [4.78, 5) is 12.0. The van der Waals surface area contributed by atoms with Crippen LogP contribution in [0.1, 0.15) is 24.8 Å². The van der Waals surface area contributed by atoms with E-state index in [0.717, 1.165) is 41.4 Å². The maximum Gasteiger partial charge on any atom is 0.233 e. The molecule has 3 rings (SSSR count). The molecule has 122 valence electrons. The molecule has 0 aliphatic carbocycles. The number of anilines is 2. The summed E-state index contributed by atoms with van der Waals surface area (Å²) in [5.74, 6) is 0.0996. The summed E-state index contributed by atoms with van der Waals surface area (Å²) in [6.07, 6.45) is 2.98. The van der Waals surface area contributed by atoms with Gasteiger partial charge in [-0.3, -0.25) is 4.79 Å². The predicted octanol–water partition coefficient (Wildman–Crippen LogP) is 4.00. The van der Waals surface area contributed by atoms with Crippen LogP contribution in [0.15, 0.2) is 22.5 Å². The summed E-state index contributed by atoms with van der Waals surface area (Å²) < 4.78 is 0.799. The highest BCUT2D eigenvalue weighted by atomic mass is 35.5. The lowest BCUT2D eigenvalue weighted by Gasteiger charge is -2.09. The number of aryl methyl sites for hydroxylation is 1. The van der Waals surface area contributed by atoms with E-state index in [1.165, 1.54) is 23.1 Å². The number of halogens is 1. The number of thioether (sulfide) groups is 1. The van der Waals surface area contributed by atoms with Gasteiger partial charge in [0.1, 0.15) is 0 Å². The Morgan fingerprint density at radius 3 is 3.09 bits per heavy atom. The minimum Gasteiger partial charge on any atom is -0.355 e. The fourth-order valence-electron chi connectivity index (χ4n) is 2.25. The van der Waals surface area contributed by atoms with Gasteiger partial charge in [-0.2, -0.15) is 0 Å². The van der Waals surface area contributed by atoms with E-state index in [1.54, 1.807) is 0 Å². The molecule has 2 heterocycles. The number of aromatic nitrogens is 2. The number of rotatable bonds is 4. The van der Waals surface area contributed by atoms with Crippen molar-refractivity contribution in [2.75, 3.05) is 11.9 Å². The van der Waals surface area contributed by atoms with Crippen molar-refractivity contribution in [1.82, 2.24) is 15.5 Å². The number of hydrogen-bond donors (Lipinski definition) is 2. The van der Waals surface area contributed by atoms with E-state index in [-0.39, 0.29) is 11.2 Å². The van der Waals surface area contributed by atoms with Crippen LogP contribution in [-0.2, 0) is 4.79 Å². The lowest BCUT2D eigenvalue weighted by molar-refractivity contribution is -0.120. The Balaban J connectivity index is 1.65. The van der Waals surface area contributed by atoms with E-state index >= 15 is 0 Å². The molecule has 1 atom stereocenters. The third-order valence-electron chi connectivity index (χ3n) is 3.56. The Morgan fingerprint density at radius 2 is 2.26 bits per heavy atom. The highest BCUT2D eigenvalue weighted by Crippen LogP contribution is 2.33. The van der Waals surface area contributed by atoms with Crippen LogP contribution in [0.2, 0.25) is 5.02 Å². The van der Waals surface area contributed by atoms with Gasteiger partial charge in [0.2, 0.25) is 11.0 Å². The molecule has 0 spiro atoms. The standard InChI is InChI=1S/C15H17ClN4OS2/c1-9-5-6-10(8-11(9)16)18-14-19-20-15(23-14)22-12-4-2-3-7-17-13(12)21/h5-6,8,12H,2-4,7H2,1H3,(H,17,21)(H,18,19).